The first-order valence-corrected chi connectivity index (χ1v) is 6.61. The molecule has 3 atom stereocenters. The van der Waals surface area contributed by atoms with E-state index in [9.17, 15) is 0 Å². The molecule has 0 aromatic heterocycles. The Hall–Kier alpha value is -0.120. The van der Waals surface area contributed by atoms with Gasteiger partial charge in [-0.05, 0) is 33.6 Å². The third kappa shape index (κ3) is 5.28. The van der Waals surface area contributed by atoms with Gasteiger partial charge in [-0.1, -0.05) is 6.92 Å². The zero-order valence-corrected chi connectivity index (χ0v) is 11.2. The Labute approximate surface area is 100 Å². The van der Waals surface area contributed by atoms with Gasteiger partial charge in [0.15, 0.2) is 0 Å². The minimum Gasteiger partial charge on any atom is -0.378 e. The van der Waals surface area contributed by atoms with Gasteiger partial charge in [-0.3, -0.25) is 4.90 Å². The fraction of sp³-hybridized carbons (Fsp3) is 1.00. The van der Waals surface area contributed by atoms with Crippen molar-refractivity contribution in [1.29, 1.82) is 0 Å². The first kappa shape index (κ1) is 13.9. The van der Waals surface area contributed by atoms with Crippen molar-refractivity contribution in [2.45, 2.75) is 58.8 Å². The first-order chi connectivity index (χ1) is 7.61. The fourth-order valence-corrected chi connectivity index (χ4v) is 2.16. The molecule has 1 unspecified atom stereocenters. The maximum absolute atomic E-state index is 5.71. The molecule has 0 aliphatic carbocycles. The summed E-state index contributed by atoms with van der Waals surface area (Å²) in [6.07, 6.45) is 3.39. The second-order valence-corrected chi connectivity index (χ2v) is 4.96. The molecule has 3 nitrogen and oxygen atoms in total. The number of ether oxygens (including phenoxy) is 2. The van der Waals surface area contributed by atoms with Gasteiger partial charge in [-0.25, -0.2) is 0 Å². The van der Waals surface area contributed by atoms with E-state index < -0.39 is 0 Å². The van der Waals surface area contributed by atoms with E-state index in [0.29, 0.717) is 18.3 Å². The summed E-state index contributed by atoms with van der Waals surface area (Å²) in [5.41, 5.74) is 0. The van der Waals surface area contributed by atoms with Crippen LogP contribution in [0.3, 0.4) is 0 Å². The normalized spacial score (nSPS) is 29.2. The van der Waals surface area contributed by atoms with Crippen LogP contribution in [0.1, 0.15) is 40.5 Å². The number of nitrogens with zero attached hydrogens (tertiary/aromatic N) is 1. The lowest BCUT2D eigenvalue weighted by Crippen LogP contribution is -2.45. The maximum atomic E-state index is 5.71. The summed E-state index contributed by atoms with van der Waals surface area (Å²) >= 11 is 0. The Balaban J connectivity index is 2.08. The second-order valence-electron chi connectivity index (χ2n) is 4.96. The summed E-state index contributed by atoms with van der Waals surface area (Å²) in [7, 11) is 0. The second kappa shape index (κ2) is 7.25. The van der Waals surface area contributed by atoms with Gasteiger partial charge in [0.05, 0.1) is 18.3 Å². The van der Waals surface area contributed by atoms with Gasteiger partial charge in [0.1, 0.15) is 0 Å². The Morgan fingerprint density at radius 1 is 1.31 bits per heavy atom. The van der Waals surface area contributed by atoms with Crippen molar-refractivity contribution >= 4 is 0 Å². The molecular formula is C13H27NO2. The molecule has 1 rings (SSSR count). The zero-order valence-electron chi connectivity index (χ0n) is 11.2. The molecule has 96 valence electrons. The summed E-state index contributed by atoms with van der Waals surface area (Å²) in [5, 5.41) is 0. The lowest BCUT2D eigenvalue weighted by Gasteiger charge is -2.35. The quantitative estimate of drug-likeness (QED) is 0.652. The highest BCUT2D eigenvalue weighted by Gasteiger charge is 2.21. The molecule has 0 radical (unpaired) electrons. The van der Waals surface area contributed by atoms with Crippen LogP contribution in [0, 0.1) is 0 Å². The zero-order chi connectivity index (χ0) is 12.0. The van der Waals surface area contributed by atoms with Crippen molar-refractivity contribution in [2.75, 3.05) is 26.2 Å². The Kier molecular flexibility index (Phi) is 6.32. The molecule has 3 heteroatoms. The van der Waals surface area contributed by atoms with Crippen LogP contribution >= 0.6 is 0 Å². The van der Waals surface area contributed by atoms with Crippen LogP contribution in [0.4, 0.5) is 0 Å². The van der Waals surface area contributed by atoms with Gasteiger partial charge in [-0.2, -0.15) is 0 Å². The molecule has 1 fully saturated rings. The van der Waals surface area contributed by atoms with Gasteiger partial charge >= 0.3 is 0 Å². The lowest BCUT2D eigenvalue weighted by molar-refractivity contribution is -0.0700. The molecule has 16 heavy (non-hydrogen) atoms. The molecule has 0 bridgehead atoms. The number of morpholine rings is 1. The van der Waals surface area contributed by atoms with Gasteiger partial charge in [0.25, 0.3) is 0 Å². The van der Waals surface area contributed by atoms with Gasteiger partial charge < -0.3 is 9.47 Å². The van der Waals surface area contributed by atoms with E-state index in [4.69, 9.17) is 9.47 Å². The van der Waals surface area contributed by atoms with Gasteiger partial charge in [0.2, 0.25) is 0 Å². The summed E-state index contributed by atoms with van der Waals surface area (Å²) in [6.45, 7) is 12.7. The van der Waals surface area contributed by atoms with Crippen LogP contribution in [0.15, 0.2) is 0 Å². The predicted molar refractivity (Wildman–Crippen MR) is 66.8 cm³/mol. The predicted octanol–water partition coefficient (Wildman–Crippen LogP) is 2.30. The Bertz CT molecular complexity index is 177. The Morgan fingerprint density at radius 2 is 1.94 bits per heavy atom. The van der Waals surface area contributed by atoms with E-state index in [1.165, 1.54) is 0 Å². The average molecular weight is 229 g/mol. The molecule has 1 aliphatic heterocycles. The van der Waals surface area contributed by atoms with Crippen molar-refractivity contribution < 1.29 is 9.47 Å². The van der Waals surface area contributed by atoms with Crippen LogP contribution < -0.4 is 0 Å². The highest BCUT2D eigenvalue weighted by Crippen LogP contribution is 2.10. The minimum atomic E-state index is 0.374. The third-order valence-corrected chi connectivity index (χ3v) is 3.09. The van der Waals surface area contributed by atoms with Crippen LogP contribution in [-0.2, 0) is 9.47 Å². The van der Waals surface area contributed by atoms with Gasteiger partial charge in [0, 0.05) is 26.2 Å². The Morgan fingerprint density at radius 3 is 2.50 bits per heavy atom. The number of hydrogen-bond acceptors (Lipinski definition) is 3. The highest BCUT2D eigenvalue weighted by molar-refractivity contribution is 4.72. The standard InChI is InChI=1S/C13H27NO2/c1-5-11(2)15-8-6-7-14-9-12(3)16-13(4)10-14/h11-13H,5-10H2,1-4H3/t11?,12-,13+. The number of hydrogen-bond donors (Lipinski definition) is 0. The molecule has 0 N–H and O–H groups in total. The highest BCUT2D eigenvalue weighted by atomic mass is 16.5. The monoisotopic (exact) mass is 229 g/mol. The molecule has 0 saturated carbocycles. The largest absolute Gasteiger partial charge is 0.378 e. The fourth-order valence-electron chi connectivity index (χ4n) is 2.16. The molecular weight excluding hydrogens is 202 g/mol. The summed E-state index contributed by atoms with van der Waals surface area (Å²) in [5.74, 6) is 0. The van der Waals surface area contributed by atoms with Crippen molar-refractivity contribution in [2.24, 2.45) is 0 Å². The third-order valence-electron chi connectivity index (χ3n) is 3.09. The molecule has 0 aromatic carbocycles. The van der Waals surface area contributed by atoms with E-state index in [-0.39, 0.29) is 0 Å². The molecule has 1 aliphatic rings. The number of rotatable bonds is 6. The average Bonchev–Trinajstić information content (AvgIpc) is 2.22. The van der Waals surface area contributed by atoms with Crippen LogP contribution in [0.5, 0.6) is 0 Å². The molecule has 0 amide bonds. The van der Waals surface area contributed by atoms with Gasteiger partial charge in [-0.15, -0.1) is 0 Å². The molecule has 0 aromatic rings. The van der Waals surface area contributed by atoms with E-state index in [0.717, 1.165) is 39.1 Å². The molecule has 1 saturated heterocycles. The van der Waals surface area contributed by atoms with E-state index >= 15 is 0 Å². The van der Waals surface area contributed by atoms with Crippen molar-refractivity contribution in [3.63, 3.8) is 0 Å². The molecule has 1 heterocycles. The van der Waals surface area contributed by atoms with Crippen LogP contribution in [0.2, 0.25) is 0 Å². The van der Waals surface area contributed by atoms with Crippen molar-refractivity contribution in [1.82, 2.24) is 4.90 Å². The topological polar surface area (TPSA) is 21.7 Å². The van der Waals surface area contributed by atoms with Crippen molar-refractivity contribution in [3.05, 3.63) is 0 Å². The smallest absolute Gasteiger partial charge is 0.0678 e. The lowest BCUT2D eigenvalue weighted by atomic mass is 10.2. The summed E-state index contributed by atoms with van der Waals surface area (Å²) < 4.78 is 11.4. The maximum Gasteiger partial charge on any atom is 0.0678 e. The SMILES string of the molecule is CCC(C)OCCCN1C[C@@H](C)O[C@@H](C)C1. The first-order valence-electron chi connectivity index (χ1n) is 6.61. The van der Waals surface area contributed by atoms with E-state index in [1.807, 2.05) is 0 Å². The van der Waals surface area contributed by atoms with E-state index in [1.54, 1.807) is 0 Å². The summed E-state index contributed by atoms with van der Waals surface area (Å²) in [6, 6.07) is 0. The van der Waals surface area contributed by atoms with Crippen LogP contribution in [0.25, 0.3) is 0 Å². The van der Waals surface area contributed by atoms with Crippen LogP contribution in [-0.4, -0.2) is 49.5 Å². The van der Waals surface area contributed by atoms with E-state index in [2.05, 4.69) is 32.6 Å². The summed E-state index contributed by atoms with van der Waals surface area (Å²) in [4.78, 5) is 2.48. The molecule has 0 spiro atoms. The van der Waals surface area contributed by atoms with Crippen molar-refractivity contribution in [3.8, 4) is 0 Å². The minimum absolute atomic E-state index is 0.374.